The van der Waals surface area contributed by atoms with Crippen molar-refractivity contribution in [3.63, 3.8) is 0 Å². The molecule has 3 N–H and O–H groups in total. The third kappa shape index (κ3) is 4.44. The molecule has 6 nitrogen and oxygen atoms in total. The topological polar surface area (TPSA) is 81.7 Å². The Labute approximate surface area is 178 Å². The number of aliphatic hydroxyl groups is 1. The first-order valence-corrected chi connectivity index (χ1v) is 10.6. The Balaban J connectivity index is 0.00000240. The van der Waals surface area contributed by atoms with Crippen molar-refractivity contribution in [2.75, 3.05) is 24.5 Å². The van der Waals surface area contributed by atoms with Crippen molar-refractivity contribution in [1.82, 2.24) is 10.6 Å². The van der Waals surface area contributed by atoms with Crippen LogP contribution in [-0.4, -0.2) is 48.7 Å². The lowest BCUT2D eigenvalue weighted by Crippen LogP contribution is -2.48. The summed E-state index contributed by atoms with van der Waals surface area (Å²) < 4.78 is 0. The second-order valence-corrected chi connectivity index (χ2v) is 8.62. The number of benzene rings is 1. The first-order valence-electron chi connectivity index (χ1n) is 10.6. The maximum Gasteiger partial charge on any atom is 0.231 e. The van der Waals surface area contributed by atoms with Gasteiger partial charge in [0.2, 0.25) is 11.8 Å². The van der Waals surface area contributed by atoms with Crippen molar-refractivity contribution in [1.29, 1.82) is 0 Å². The van der Waals surface area contributed by atoms with Crippen LogP contribution in [0.5, 0.6) is 0 Å². The average molecular weight is 422 g/mol. The minimum Gasteiger partial charge on any atom is -0.391 e. The lowest BCUT2D eigenvalue weighted by atomic mass is 9.77. The smallest absolute Gasteiger partial charge is 0.231 e. The number of carbonyl (C=O) groups excluding carboxylic acids is 2. The molecule has 1 aromatic carbocycles. The predicted octanol–water partition coefficient (Wildman–Crippen LogP) is 1.89. The number of aliphatic hydroxyl groups excluding tert-OH is 1. The Morgan fingerprint density at radius 3 is 2.62 bits per heavy atom. The molecule has 2 amide bonds. The zero-order chi connectivity index (χ0) is 19.7. The fourth-order valence-corrected chi connectivity index (χ4v) is 5.11. The van der Waals surface area contributed by atoms with Gasteiger partial charge in [-0.2, -0.15) is 0 Å². The number of carbonyl (C=O) groups is 2. The molecule has 1 saturated heterocycles. The molecule has 5 unspecified atom stereocenters. The highest BCUT2D eigenvalue weighted by Crippen LogP contribution is 2.38. The van der Waals surface area contributed by atoms with E-state index in [1.165, 1.54) is 5.56 Å². The third-order valence-corrected chi connectivity index (χ3v) is 6.71. The molecule has 7 heteroatoms. The van der Waals surface area contributed by atoms with Gasteiger partial charge in [-0.25, -0.2) is 0 Å². The van der Waals surface area contributed by atoms with Crippen molar-refractivity contribution in [3.05, 3.63) is 29.8 Å². The molecule has 0 aromatic heterocycles. The number of hydrogen-bond acceptors (Lipinski definition) is 4. The van der Waals surface area contributed by atoms with Crippen molar-refractivity contribution >= 4 is 29.9 Å². The first-order chi connectivity index (χ1) is 13.6. The molecular weight excluding hydrogens is 390 g/mol. The molecule has 3 aliphatic rings. The van der Waals surface area contributed by atoms with Crippen LogP contribution >= 0.6 is 12.4 Å². The zero-order valence-corrected chi connectivity index (χ0v) is 17.8. The number of halogens is 1. The number of nitrogens with zero attached hydrogens (tertiary/aromatic N) is 1. The summed E-state index contributed by atoms with van der Waals surface area (Å²) in [5, 5.41) is 16.1. The van der Waals surface area contributed by atoms with Crippen molar-refractivity contribution < 1.29 is 14.7 Å². The monoisotopic (exact) mass is 421 g/mol. The van der Waals surface area contributed by atoms with E-state index in [0.29, 0.717) is 13.1 Å². The fraction of sp³-hybridized carbons (Fsp3) is 0.636. The Kier molecular flexibility index (Phi) is 7.19. The first kappa shape index (κ1) is 22.1. The predicted molar refractivity (Wildman–Crippen MR) is 115 cm³/mol. The third-order valence-electron chi connectivity index (χ3n) is 6.71. The van der Waals surface area contributed by atoms with Gasteiger partial charge in [0.25, 0.3) is 0 Å². The number of rotatable bonds is 4. The summed E-state index contributed by atoms with van der Waals surface area (Å²) in [5.74, 6) is -0.411. The maximum absolute atomic E-state index is 13.5. The average Bonchev–Trinajstić information content (AvgIpc) is 3.27. The summed E-state index contributed by atoms with van der Waals surface area (Å²) in [6, 6.07) is 8.23. The van der Waals surface area contributed by atoms with Gasteiger partial charge in [0.1, 0.15) is 0 Å². The number of hydrogen-bond donors (Lipinski definition) is 3. The summed E-state index contributed by atoms with van der Waals surface area (Å²) in [4.78, 5) is 28.4. The SMILES string of the molecule is CC1Cc2ccccc2N1C(=O)C1CCCCC1C(=O)NCC1CNCC1O.Cl. The van der Waals surface area contributed by atoms with Crippen LogP contribution in [0.4, 0.5) is 5.69 Å². The van der Waals surface area contributed by atoms with Crippen LogP contribution in [0.25, 0.3) is 0 Å². The molecule has 2 fully saturated rings. The second kappa shape index (κ2) is 9.45. The van der Waals surface area contributed by atoms with E-state index in [2.05, 4.69) is 23.6 Å². The van der Waals surface area contributed by atoms with Gasteiger partial charge in [-0.05, 0) is 37.8 Å². The molecule has 1 saturated carbocycles. The molecule has 2 aliphatic heterocycles. The Morgan fingerprint density at radius 1 is 1.17 bits per heavy atom. The number of nitrogens with one attached hydrogen (secondary N) is 2. The van der Waals surface area contributed by atoms with Crippen LogP contribution in [0.2, 0.25) is 0 Å². The number of para-hydroxylation sites is 1. The van der Waals surface area contributed by atoms with Gasteiger partial charge in [0.05, 0.1) is 12.0 Å². The molecule has 1 aromatic rings. The molecule has 2 heterocycles. The van der Waals surface area contributed by atoms with E-state index >= 15 is 0 Å². The Morgan fingerprint density at radius 2 is 1.90 bits per heavy atom. The normalized spacial score (nSPS) is 31.1. The standard InChI is InChI=1S/C22H31N3O3.ClH/c1-14-10-15-6-2-5-9-19(15)25(14)22(28)18-8-4-3-7-17(18)21(27)24-12-16-11-23-13-20(16)26;/h2,5-6,9,14,16-18,20,23,26H,3-4,7-8,10-13H2,1H3,(H,24,27);1H. The lowest BCUT2D eigenvalue weighted by molar-refractivity contribution is -0.135. The van der Waals surface area contributed by atoms with Crippen molar-refractivity contribution in [2.45, 2.75) is 51.2 Å². The van der Waals surface area contributed by atoms with E-state index in [4.69, 9.17) is 0 Å². The van der Waals surface area contributed by atoms with Crippen LogP contribution in [0.3, 0.4) is 0 Å². The molecule has 4 rings (SSSR count). The van der Waals surface area contributed by atoms with Crippen molar-refractivity contribution in [3.8, 4) is 0 Å². The molecular formula is C22H32ClN3O3. The molecule has 160 valence electrons. The van der Waals surface area contributed by atoms with E-state index in [1.54, 1.807) is 0 Å². The quantitative estimate of drug-likeness (QED) is 0.693. The van der Waals surface area contributed by atoms with Gasteiger partial charge in [-0.1, -0.05) is 31.0 Å². The second-order valence-electron chi connectivity index (χ2n) is 8.62. The van der Waals surface area contributed by atoms with Crippen LogP contribution in [0.1, 0.15) is 38.2 Å². The Hall–Kier alpha value is -1.63. The Bertz CT molecular complexity index is 744. The minimum absolute atomic E-state index is 0. The summed E-state index contributed by atoms with van der Waals surface area (Å²) in [6.45, 7) is 3.85. The zero-order valence-electron chi connectivity index (χ0n) is 17.0. The van der Waals surface area contributed by atoms with Gasteiger partial charge in [0.15, 0.2) is 0 Å². The van der Waals surface area contributed by atoms with Crippen LogP contribution in [-0.2, 0) is 16.0 Å². The van der Waals surface area contributed by atoms with E-state index in [-0.39, 0.29) is 48.0 Å². The van der Waals surface area contributed by atoms with Crippen molar-refractivity contribution in [2.24, 2.45) is 17.8 Å². The summed E-state index contributed by atoms with van der Waals surface area (Å²) in [5.41, 5.74) is 2.22. The van der Waals surface area contributed by atoms with Crippen LogP contribution in [0, 0.1) is 17.8 Å². The highest BCUT2D eigenvalue weighted by molar-refractivity contribution is 6.00. The summed E-state index contributed by atoms with van der Waals surface area (Å²) in [7, 11) is 0. The minimum atomic E-state index is -0.411. The van der Waals surface area contributed by atoms with E-state index in [9.17, 15) is 14.7 Å². The number of amides is 2. The molecule has 1 aliphatic carbocycles. The van der Waals surface area contributed by atoms with Gasteiger partial charge < -0.3 is 20.6 Å². The molecule has 0 spiro atoms. The highest BCUT2D eigenvalue weighted by Gasteiger charge is 2.41. The molecule has 0 radical (unpaired) electrons. The van der Waals surface area contributed by atoms with Gasteiger partial charge in [-0.15, -0.1) is 12.4 Å². The van der Waals surface area contributed by atoms with E-state index in [1.807, 2.05) is 23.1 Å². The van der Waals surface area contributed by atoms with Gasteiger partial charge in [0, 0.05) is 43.2 Å². The van der Waals surface area contributed by atoms with Gasteiger partial charge >= 0.3 is 0 Å². The molecule has 29 heavy (non-hydrogen) atoms. The lowest BCUT2D eigenvalue weighted by Gasteiger charge is -2.34. The van der Waals surface area contributed by atoms with Gasteiger partial charge in [-0.3, -0.25) is 9.59 Å². The van der Waals surface area contributed by atoms with E-state index < -0.39 is 6.10 Å². The number of anilines is 1. The summed E-state index contributed by atoms with van der Waals surface area (Å²) in [6.07, 6.45) is 3.98. The summed E-state index contributed by atoms with van der Waals surface area (Å²) >= 11 is 0. The maximum atomic E-state index is 13.5. The molecule has 5 atom stereocenters. The van der Waals surface area contributed by atoms with E-state index in [0.717, 1.165) is 44.3 Å². The fourth-order valence-electron chi connectivity index (χ4n) is 5.11. The molecule has 0 bridgehead atoms. The number of fused-ring (bicyclic) bond motifs is 1. The highest BCUT2D eigenvalue weighted by atomic mass is 35.5. The van der Waals surface area contributed by atoms with Crippen LogP contribution in [0.15, 0.2) is 24.3 Å². The number of β-amino-alcohol motifs (C(OH)–C–C–N with tert-alkyl or cyclic N) is 1. The van der Waals surface area contributed by atoms with Crippen LogP contribution < -0.4 is 15.5 Å². The largest absolute Gasteiger partial charge is 0.391 e.